The molecular formula is C10H10O2. The molecule has 0 bridgehead atoms. The second-order valence-electron chi connectivity index (χ2n) is 3.13. The van der Waals surface area contributed by atoms with Crippen LogP contribution in [0.4, 0.5) is 0 Å². The van der Waals surface area contributed by atoms with Crippen molar-refractivity contribution in [1.29, 1.82) is 0 Å². The molecular weight excluding hydrogens is 152 g/mol. The highest BCUT2D eigenvalue weighted by Crippen LogP contribution is 2.32. The van der Waals surface area contributed by atoms with E-state index in [-0.39, 0.29) is 5.92 Å². The summed E-state index contributed by atoms with van der Waals surface area (Å²) in [5.74, 6) is -0.957. The van der Waals surface area contributed by atoms with Crippen LogP contribution in [0.1, 0.15) is 23.5 Å². The standard InChI is InChI=1S/C10H10O2/c11-10(12)9-6-5-7-3-1-2-4-8(7)9/h1-4,9H,5-6H2,(H,11,12)/t9-/m1/s1. The number of carbonyl (C=O) groups is 1. The third kappa shape index (κ3) is 0.998. The molecule has 1 aromatic carbocycles. The summed E-state index contributed by atoms with van der Waals surface area (Å²) in [5.41, 5.74) is 2.20. The predicted octanol–water partition coefficient (Wildman–Crippen LogP) is 1.80. The maximum atomic E-state index is 10.8. The molecule has 1 aliphatic carbocycles. The predicted molar refractivity (Wildman–Crippen MR) is 45.1 cm³/mol. The average molecular weight is 162 g/mol. The van der Waals surface area contributed by atoms with E-state index in [1.807, 2.05) is 24.3 Å². The van der Waals surface area contributed by atoms with Gasteiger partial charge in [0.2, 0.25) is 0 Å². The van der Waals surface area contributed by atoms with Crippen molar-refractivity contribution in [3.05, 3.63) is 35.4 Å². The fraction of sp³-hybridized carbons (Fsp3) is 0.300. The number of carboxylic acids is 1. The van der Waals surface area contributed by atoms with Crippen LogP contribution < -0.4 is 0 Å². The van der Waals surface area contributed by atoms with Gasteiger partial charge in [-0.3, -0.25) is 4.79 Å². The molecule has 1 aliphatic rings. The first kappa shape index (κ1) is 7.35. The molecule has 0 aliphatic heterocycles. The molecule has 0 aromatic heterocycles. The molecule has 0 saturated carbocycles. The lowest BCUT2D eigenvalue weighted by molar-refractivity contribution is -0.138. The van der Waals surface area contributed by atoms with Crippen molar-refractivity contribution in [2.45, 2.75) is 18.8 Å². The zero-order valence-electron chi connectivity index (χ0n) is 6.66. The van der Waals surface area contributed by atoms with Crippen molar-refractivity contribution in [3.8, 4) is 0 Å². The van der Waals surface area contributed by atoms with Gasteiger partial charge >= 0.3 is 5.97 Å². The number of hydrogen-bond donors (Lipinski definition) is 1. The minimum atomic E-state index is -0.694. The normalized spacial score (nSPS) is 20.5. The third-order valence-corrected chi connectivity index (χ3v) is 2.43. The van der Waals surface area contributed by atoms with Crippen molar-refractivity contribution in [3.63, 3.8) is 0 Å². The molecule has 2 heteroatoms. The Morgan fingerprint density at radius 3 is 2.92 bits per heavy atom. The van der Waals surface area contributed by atoms with Gasteiger partial charge in [0.05, 0.1) is 5.92 Å². The Bertz CT molecular complexity index is 317. The maximum Gasteiger partial charge on any atom is 0.310 e. The van der Waals surface area contributed by atoms with E-state index >= 15 is 0 Å². The lowest BCUT2D eigenvalue weighted by Gasteiger charge is -2.03. The molecule has 0 fully saturated rings. The van der Waals surface area contributed by atoms with Gasteiger partial charge in [-0.2, -0.15) is 0 Å². The highest BCUT2D eigenvalue weighted by atomic mass is 16.4. The highest BCUT2D eigenvalue weighted by Gasteiger charge is 2.27. The lowest BCUT2D eigenvalue weighted by atomic mass is 10.0. The number of hydrogen-bond acceptors (Lipinski definition) is 1. The SMILES string of the molecule is O=C(O)[C@@H]1CCc2ccccc21. The molecule has 1 atom stereocenters. The number of aliphatic carboxylic acids is 1. The number of rotatable bonds is 1. The Morgan fingerprint density at radius 1 is 1.42 bits per heavy atom. The lowest BCUT2D eigenvalue weighted by Crippen LogP contribution is -2.07. The van der Waals surface area contributed by atoms with Crippen LogP contribution in [0.3, 0.4) is 0 Å². The molecule has 2 rings (SSSR count). The Balaban J connectivity index is 2.42. The minimum Gasteiger partial charge on any atom is -0.481 e. The van der Waals surface area contributed by atoms with Crippen LogP contribution in [-0.2, 0) is 11.2 Å². The van der Waals surface area contributed by atoms with E-state index in [1.54, 1.807) is 0 Å². The molecule has 62 valence electrons. The van der Waals surface area contributed by atoms with Gasteiger partial charge in [0.1, 0.15) is 0 Å². The zero-order valence-corrected chi connectivity index (χ0v) is 6.66. The zero-order chi connectivity index (χ0) is 8.55. The Kier molecular flexibility index (Phi) is 1.61. The van der Waals surface area contributed by atoms with E-state index in [2.05, 4.69) is 0 Å². The van der Waals surface area contributed by atoms with Gasteiger partial charge < -0.3 is 5.11 Å². The van der Waals surface area contributed by atoms with Gasteiger partial charge in [0.15, 0.2) is 0 Å². The van der Waals surface area contributed by atoms with Crippen LogP contribution in [0, 0.1) is 0 Å². The van der Waals surface area contributed by atoms with Crippen LogP contribution in [0.15, 0.2) is 24.3 Å². The van der Waals surface area contributed by atoms with Crippen LogP contribution in [-0.4, -0.2) is 11.1 Å². The molecule has 0 unspecified atom stereocenters. The van der Waals surface area contributed by atoms with Gasteiger partial charge in [-0.25, -0.2) is 0 Å². The molecule has 0 amide bonds. The van der Waals surface area contributed by atoms with Crippen LogP contribution in [0.5, 0.6) is 0 Å². The molecule has 0 heterocycles. The first-order valence-electron chi connectivity index (χ1n) is 4.09. The Hall–Kier alpha value is -1.31. The summed E-state index contributed by atoms with van der Waals surface area (Å²) in [5, 5.41) is 8.86. The van der Waals surface area contributed by atoms with Crippen molar-refractivity contribution in [1.82, 2.24) is 0 Å². The summed E-state index contributed by atoms with van der Waals surface area (Å²) < 4.78 is 0. The summed E-state index contributed by atoms with van der Waals surface area (Å²) in [6.07, 6.45) is 1.67. The van der Waals surface area contributed by atoms with Gasteiger partial charge in [-0.05, 0) is 24.0 Å². The summed E-state index contributed by atoms with van der Waals surface area (Å²) in [6, 6.07) is 7.79. The summed E-state index contributed by atoms with van der Waals surface area (Å²) in [4.78, 5) is 10.8. The van der Waals surface area contributed by atoms with E-state index in [1.165, 1.54) is 5.56 Å². The van der Waals surface area contributed by atoms with Crippen molar-refractivity contribution in [2.75, 3.05) is 0 Å². The summed E-state index contributed by atoms with van der Waals surface area (Å²) in [6.45, 7) is 0. The quantitative estimate of drug-likeness (QED) is 0.683. The largest absolute Gasteiger partial charge is 0.481 e. The second-order valence-corrected chi connectivity index (χ2v) is 3.13. The van der Waals surface area contributed by atoms with Gasteiger partial charge in [-0.1, -0.05) is 24.3 Å². The molecule has 2 nitrogen and oxygen atoms in total. The average Bonchev–Trinajstić information content (AvgIpc) is 2.47. The molecule has 0 radical (unpaired) electrons. The molecule has 0 saturated heterocycles. The number of benzene rings is 1. The first-order chi connectivity index (χ1) is 5.79. The van der Waals surface area contributed by atoms with Crippen LogP contribution in [0.2, 0.25) is 0 Å². The van der Waals surface area contributed by atoms with Crippen molar-refractivity contribution in [2.24, 2.45) is 0 Å². The molecule has 12 heavy (non-hydrogen) atoms. The van der Waals surface area contributed by atoms with E-state index < -0.39 is 5.97 Å². The van der Waals surface area contributed by atoms with Crippen molar-refractivity contribution < 1.29 is 9.90 Å². The third-order valence-electron chi connectivity index (χ3n) is 2.43. The van der Waals surface area contributed by atoms with Gasteiger partial charge in [0.25, 0.3) is 0 Å². The van der Waals surface area contributed by atoms with E-state index in [4.69, 9.17) is 5.11 Å². The highest BCUT2D eigenvalue weighted by molar-refractivity contribution is 5.77. The number of fused-ring (bicyclic) bond motifs is 1. The van der Waals surface area contributed by atoms with Gasteiger partial charge in [0, 0.05) is 0 Å². The molecule has 1 N–H and O–H groups in total. The molecule has 0 spiro atoms. The van der Waals surface area contributed by atoms with Gasteiger partial charge in [-0.15, -0.1) is 0 Å². The molecule has 1 aromatic rings. The summed E-state index contributed by atoms with van der Waals surface area (Å²) in [7, 11) is 0. The monoisotopic (exact) mass is 162 g/mol. The van der Waals surface area contributed by atoms with Crippen LogP contribution in [0.25, 0.3) is 0 Å². The van der Waals surface area contributed by atoms with E-state index in [0.717, 1.165) is 18.4 Å². The minimum absolute atomic E-state index is 0.263. The van der Waals surface area contributed by atoms with E-state index in [9.17, 15) is 4.79 Å². The Labute approximate surface area is 70.8 Å². The second kappa shape index (κ2) is 2.63. The topological polar surface area (TPSA) is 37.3 Å². The Morgan fingerprint density at radius 2 is 2.17 bits per heavy atom. The first-order valence-corrected chi connectivity index (χ1v) is 4.09. The van der Waals surface area contributed by atoms with E-state index in [0.29, 0.717) is 0 Å². The number of aryl methyl sites for hydroxylation is 1. The van der Waals surface area contributed by atoms with Crippen LogP contribution >= 0.6 is 0 Å². The summed E-state index contributed by atoms with van der Waals surface area (Å²) >= 11 is 0. The maximum absolute atomic E-state index is 10.8. The fourth-order valence-corrected chi connectivity index (χ4v) is 1.81. The van der Waals surface area contributed by atoms with Crippen molar-refractivity contribution >= 4 is 5.97 Å². The number of carboxylic acid groups (broad SMARTS) is 1. The fourth-order valence-electron chi connectivity index (χ4n) is 1.81. The smallest absolute Gasteiger partial charge is 0.310 e.